The van der Waals surface area contributed by atoms with Gasteiger partial charge in [-0.3, -0.25) is 0 Å². The number of rotatable bonds is 6. The van der Waals surface area contributed by atoms with Crippen LogP contribution in [-0.2, 0) is 6.54 Å². The van der Waals surface area contributed by atoms with Crippen molar-refractivity contribution in [3.8, 4) is 6.07 Å². The van der Waals surface area contributed by atoms with Crippen molar-refractivity contribution in [2.45, 2.75) is 6.54 Å². The van der Waals surface area contributed by atoms with E-state index in [1.807, 2.05) is 38.4 Å². The van der Waals surface area contributed by atoms with E-state index in [1.165, 1.54) is 0 Å². The van der Waals surface area contributed by atoms with Gasteiger partial charge in [-0.2, -0.15) is 5.26 Å². The smallest absolute Gasteiger partial charge is 0.142 e. The van der Waals surface area contributed by atoms with Crippen LogP contribution in [0.1, 0.15) is 11.5 Å². The van der Waals surface area contributed by atoms with Crippen LogP contribution in [0.5, 0.6) is 0 Å². The number of aromatic nitrogens is 1. The van der Waals surface area contributed by atoms with Crippen LogP contribution in [0.2, 0.25) is 0 Å². The van der Waals surface area contributed by atoms with Crippen molar-refractivity contribution in [2.75, 3.05) is 32.1 Å². The molecule has 0 saturated heterocycles. The predicted octanol–water partition coefficient (Wildman–Crippen LogP) is 2.11. The van der Waals surface area contributed by atoms with E-state index in [-0.39, 0.29) is 0 Å². The molecule has 2 aromatic heterocycles. The lowest BCUT2D eigenvalue weighted by Gasteiger charge is -2.24. The molecule has 2 aromatic rings. The van der Waals surface area contributed by atoms with Gasteiger partial charge in [0.2, 0.25) is 0 Å². The molecule has 5 heteroatoms. The Morgan fingerprint density at radius 1 is 1.20 bits per heavy atom. The van der Waals surface area contributed by atoms with Gasteiger partial charge in [-0.1, -0.05) is 6.07 Å². The van der Waals surface area contributed by atoms with Crippen LogP contribution in [0.15, 0.2) is 41.0 Å². The van der Waals surface area contributed by atoms with Gasteiger partial charge in [-0.05, 0) is 38.4 Å². The molecule has 0 radical (unpaired) electrons. The number of likely N-dealkylation sites (N-methyl/N-ethyl adjacent to an activating group) is 1. The first kappa shape index (κ1) is 14.1. The van der Waals surface area contributed by atoms with E-state index in [9.17, 15) is 0 Å². The Labute approximate surface area is 119 Å². The maximum Gasteiger partial charge on any atom is 0.142 e. The predicted molar refractivity (Wildman–Crippen MR) is 77.3 cm³/mol. The first-order chi connectivity index (χ1) is 9.69. The van der Waals surface area contributed by atoms with Crippen molar-refractivity contribution in [2.24, 2.45) is 0 Å². The van der Waals surface area contributed by atoms with Gasteiger partial charge < -0.3 is 14.2 Å². The molecule has 5 nitrogen and oxygen atoms in total. The lowest BCUT2D eigenvalue weighted by atomic mass is 10.3. The number of nitrogens with zero attached hydrogens (tertiary/aromatic N) is 4. The summed E-state index contributed by atoms with van der Waals surface area (Å²) >= 11 is 0. The molecule has 104 valence electrons. The van der Waals surface area contributed by atoms with Crippen LogP contribution >= 0.6 is 0 Å². The second-order valence-electron chi connectivity index (χ2n) is 4.80. The molecule has 0 aliphatic carbocycles. The first-order valence-electron chi connectivity index (χ1n) is 6.48. The highest BCUT2D eigenvalue weighted by Crippen LogP contribution is 2.15. The zero-order valence-electron chi connectivity index (χ0n) is 11.8. The van der Waals surface area contributed by atoms with Gasteiger partial charge in [0.15, 0.2) is 0 Å². The Morgan fingerprint density at radius 2 is 2.05 bits per heavy atom. The number of nitriles is 1. The number of furan rings is 1. The van der Waals surface area contributed by atoms with Crippen molar-refractivity contribution in [1.29, 1.82) is 5.26 Å². The molecule has 0 bridgehead atoms. The van der Waals surface area contributed by atoms with Crippen LogP contribution in [0, 0.1) is 11.3 Å². The monoisotopic (exact) mass is 270 g/mol. The van der Waals surface area contributed by atoms with Crippen molar-refractivity contribution in [3.05, 3.63) is 48.0 Å². The summed E-state index contributed by atoms with van der Waals surface area (Å²) in [5, 5.41) is 8.96. The van der Waals surface area contributed by atoms with Crippen LogP contribution in [0.25, 0.3) is 0 Å². The van der Waals surface area contributed by atoms with E-state index in [0.29, 0.717) is 12.2 Å². The largest absolute Gasteiger partial charge is 0.467 e. The van der Waals surface area contributed by atoms with E-state index >= 15 is 0 Å². The molecule has 0 unspecified atom stereocenters. The molecule has 0 aliphatic rings. The molecule has 0 N–H and O–H groups in total. The molecule has 0 saturated carbocycles. The highest BCUT2D eigenvalue weighted by molar-refractivity contribution is 5.41. The Hall–Kier alpha value is -2.32. The van der Waals surface area contributed by atoms with Crippen molar-refractivity contribution in [3.63, 3.8) is 0 Å². The average Bonchev–Trinajstić information content (AvgIpc) is 2.96. The van der Waals surface area contributed by atoms with Gasteiger partial charge >= 0.3 is 0 Å². The van der Waals surface area contributed by atoms with E-state index in [0.717, 1.165) is 24.7 Å². The molecule has 2 heterocycles. The molecule has 0 aliphatic heterocycles. The summed E-state index contributed by atoms with van der Waals surface area (Å²) in [6.45, 7) is 2.36. The minimum absolute atomic E-state index is 0.428. The molecular weight excluding hydrogens is 252 g/mol. The van der Waals surface area contributed by atoms with Crippen molar-refractivity contribution in [1.82, 2.24) is 9.88 Å². The summed E-state index contributed by atoms with van der Waals surface area (Å²) in [7, 11) is 4.06. The lowest BCUT2D eigenvalue weighted by Crippen LogP contribution is -2.31. The summed E-state index contributed by atoms with van der Waals surface area (Å²) in [6, 6.07) is 11.4. The third-order valence-electron chi connectivity index (χ3n) is 2.92. The fourth-order valence-electron chi connectivity index (χ4n) is 1.85. The molecule has 0 spiro atoms. The highest BCUT2D eigenvalue weighted by atomic mass is 16.3. The zero-order valence-corrected chi connectivity index (χ0v) is 11.8. The van der Waals surface area contributed by atoms with Gasteiger partial charge in [0.1, 0.15) is 23.3 Å². The van der Waals surface area contributed by atoms with Gasteiger partial charge in [-0.25, -0.2) is 4.98 Å². The van der Waals surface area contributed by atoms with E-state index in [1.54, 1.807) is 12.3 Å². The fraction of sp³-hybridized carbons (Fsp3) is 0.333. The maximum atomic E-state index is 8.96. The minimum Gasteiger partial charge on any atom is -0.467 e. The summed E-state index contributed by atoms with van der Waals surface area (Å²) in [5.74, 6) is 1.68. The van der Waals surface area contributed by atoms with E-state index in [4.69, 9.17) is 9.68 Å². The fourth-order valence-corrected chi connectivity index (χ4v) is 1.85. The quantitative estimate of drug-likeness (QED) is 0.804. The van der Waals surface area contributed by atoms with Crippen LogP contribution in [0.4, 0.5) is 5.82 Å². The Bertz CT molecular complexity index is 572. The van der Waals surface area contributed by atoms with Gasteiger partial charge in [-0.15, -0.1) is 0 Å². The SMILES string of the molecule is CN(C)CCN(Cc1ccco1)c1cccc(C#N)n1. The summed E-state index contributed by atoms with van der Waals surface area (Å²) in [5.41, 5.74) is 0.428. The van der Waals surface area contributed by atoms with E-state index in [2.05, 4.69) is 20.9 Å². The topological polar surface area (TPSA) is 56.3 Å². The Kier molecular flexibility index (Phi) is 4.75. The van der Waals surface area contributed by atoms with Crippen LogP contribution in [0.3, 0.4) is 0 Å². The molecule has 0 fully saturated rings. The molecule has 20 heavy (non-hydrogen) atoms. The maximum absolute atomic E-state index is 8.96. The third kappa shape index (κ3) is 3.84. The lowest BCUT2D eigenvalue weighted by molar-refractivity contribution is 0.407. The summed E-state index contributed by atoms with van der Waals surface area (Å²) in [6.07, 6.45) is 1.67. The average molecular weight is 270 g/mol. The zero-order chi connectivity index (χ0) is 14.4. The van der Waals surface area contributed by atoms with Crippen molar-refractivity contribution < 1.29 is 4.42 Å². The number of pyridine rings is 1. The van der Waals surface area contributed by atoms with Gasteiger partial charge in [0.25, 0.3) is 0 Å². The van der Waals surface area contributed by atoms with Crippen LogP contribution < -0.4 is 4.90 Å². The molecule has 2 rings (SSSR count). The molecule has 0 amide bonds. The first-order valence-corrected chi connectivity index (χ1v) is 6.48. The van der Waals surface area contributed by atoms with Gasteiger partial charge in [0.05, 0.1) is 12.8 Å². The highest BCUT2D eigenvalue weighted by Gasteiger charge is 2.11. The normalized spacial score (nSPS) is 10.5. The number of anilines is 1. The number of hydrogen-bond acceptors (Lipinski definition) is 5. The second kappa shape index (κ2) is 6.73. The standard InChI is InChI=1S/C15H18N4O/c1-18(2)8-9-19(12-14-6-4-10-20-14)15-7-3-5-13(11-16)17-15/h3-7,10H,8-9,12H2,1-2H3. The minimum atomic E-state index is 0.428. The molecular formula is C15H18N4O. The molecule has 0 atom stereocenters. The Morgan fingerprint density at radius 3 is 2.70 bits per heavy atom. The summed E-state index contributed by atoms with van der Waals surface area (Å²) < 4.78 is 5.40. The number of hydrogen-bond donors (Lipinski definition) is 0. The summed E-state index contributed by atoms with van der Waals surface area (Å²) in [4.78, 5) is 8.58. The second-order valence-corrected chi connectivity index (χ2v) is 4.80. The van der Waals surface area contributed by atoms with Gasteiger partial charge in [0, 0.05) is 13.1 Å². The van der Waals surface area contributed by atoms with E-state index < -0.39 is 0 Å². The Balaban J connectivity index is 2.18. The van der Waals surface area contributed by atoms with Crippen LogP contribution in [-0.4, -0.2) is 37.1 Å². The van der Waals surface area contributed by atoms with Crippen molar-refractivity contribution >= 4 is 5.82 Å². The molecule has 0 aromatic carbocycles. The third-order valence-corrected chi connectivity index (χ3v) is 2.92.